The van der Waals surface area contributed by atoms with Crippen LogP contribution >= 0.6 is 11.6 Å². The number of hydrogen-bond donors (Lipinski definition) is 2. The Labute approximate surface area is 221 Å². The normalized spacial score (nSPS) is 20.1. The fraction of sp³-hybridized carbons (Fsp3) is 0.375. The van der Waals surface area contributed by atoms with Crippen molar-refractivity contribution in [2.45, 2.75) is 38.1 Å². The largest absolute Gasteiger partial charge is 0.417 e. The lowest BCUT2D eigenvalue weighted by Gasteiger charge is -2.13. The highest BCUT2D eigenvalue weighted by Crippen LogP contribution is 2.36. The van der Waals surface area contributed by atoms with Crippen LogP contribution in [-0.2, 0) is 33.6 Å². The van der Waals surface area contributed by atoms with Crippen molar-refractivity contribution in [1.29, 1.82) is 0 Å². The van der Waals surface area contributed by atoms with Gasteiger partial charge in [-0.05, 0) is 60.6 Å². The lowest BCUT2D eigenvalue weighted by atomic mass is 9.93. The molecule has 3 N–H and O–H groups in total. The van der Waals surface area contributed by atoms with Crippen LogP contribution < -0.4 is 5.14 Å². The Kier molecular flexibility index (Phi) is 8.23. The maximum absolute atomic E-state index is 13.2. The van der Waals surface area contributed by atoms with Gasteiger partial charge in [0.1, 0.15) is 5.69 Å². The average molecular weight is 573 g/mol. The number of ketones is 1. The van der Waals surface area contributed by atoms with Crippen LogP contribution in [0.4, 0.5) is 13.2 Å². The summed E-state index contributed by atoms with van der Waals surface area (Å²) in [5.41, 5.74) is 0.442. The lowest BCUT2D eigenvalue weighted by molar-refractivity contribution is -0.137. The van der Waals surface area contributed by atoms with Crippen LogP contribution in [0.15, 0.2) is 48.9 Å². The number of rotatable bonds is 9. The van der Waals surface area contributed by atoms with E-state index in [-0.39, 0.29) is 24.8 Å². The van der Waals surface area contributed by atoms with Gasteiger partial charge in [-0.1, -0.05) is 17.7 Å². The van der Waals surface area contributed by atoms with Gasteiger partial charge in [-0.3, -0.25) is 18.6 Å². The Morgan fingerprint density at radius 1 is 1.24 bits per heavy atom. The molecule has 38 heavy (non-hydrogen) atoms. The minimum Gasteiger partial charge on any atom is -0.393 e. The molecule has 0 spiro atoms. The van der Waals surface area contributed by atoms with Crippen LogP contribution in [0, 0.1) is 11.8 Å². The first-order chi connectivity index (χ1) is 17.8. The number of hydrogen-bond acceptors (Lipinski definition) is 7. The summed E-state index contributed by atoms with van der Waals surface area (Å²) in [6.45, 7) is -0.233. The highest BCUT2D eigenvalue weighted by atomic mass is 35.5. The molecule has 0 unspecified atom stereocenters. The van der Waals surface area contributed by atoms with Crippen LogP contribution in [0.1, 0.15) is 45.6 Å². The van der Waals surface area contributed by atoms with E-state index < -0.39 is 44.9 Å². The molecule has 9 nitrogen and oxygen atoms in total. The molecule has 0 aliphatic heterocycles. The van der Waals surface area contributed by atoms with Gasteiger partial charge in [0.2, 0.25) is 5.78 Å². The molecule has 2 heterocycles. The van der Waals surface area contributed by atoms with E-state index in [0.29, 0.717) is 36.0 Å². The van der Waals surface area contributed by atoms with Crippen molar-refractivity contribution in [2.75, 3.05) is 6.61 Å². The summed E-state index contributed by atoms with van der Waals surface area (Å²) in [4.78, 5) is 17.3. The van der Waals surface area contributed by atoms with E-state index in [1.807, 2.05) is 0 Å². The van der Waals surface area contributed by atoms with Gasteiger partial charge in [-0.25, -0.2) is 5.14 Å². The second-order valence-corrected chi connectivity index (χ2v) is 10.8. The first-order valence-corrected chi connectivity index (χ1v) is 13.4. The van der Waals surface area contributed by atoms with E-state index in [9.17, 15) is 31.5 Å². The number of aliphatic hydroxyl groups is 1. The summed E-state index contributed by atoms with van der Waals surface area (Å²) >= 11 is 5.68. The van der Waals surface area contributed by atoms with E-state index in [2.05, 4.69) is 14.3 Å². The summed E-state index contributed by atoms with van der Waals surface area (Å²) in [6.07, 6.45) is 0.373. The van der Waals surface area contributed by atoms with E-state index in [0.717, 1.165) is 6.07 Å². The number of nitrogens with zero attached hydrogens (tertiary/aromatic N) is 3. The number of benzene rings is 1. The highest BCUT2D eigenvalue weighted by Gasteiger charge is 2.35. The summed E-state index contributed by atoms with van der Waals surface area (Å²) in [5, 5.41) is 19.0. The van der Waals surface area contributed by atoms with Gasteiger partial charge >= 0.3 is 16.5 Å². The van der Waals surface area contributed by atoms with Crippen molar-refractivity contribution in [3.63, 3.8) is 0 Å². The molecule has 0 amide bonds. The monoisotopic (exact) mass is 572 g/mol. The minimum atomic E-state index is -4.60. The van der Waals surface area contributed by atoms with Gasteiger partial charge in [-0.15, -0.1) is 0 Å². The molecule has 1 saturated carbocycles. The van der Waals surface area contributed by atoms with Gasteiger partial charge in [0.15, 0.2) is 0 Å². The van der Waals surface area contributed by atoms with Crippen LogP contribution in [0.25, 0.3) is 0 Å². The van der Waals surface area contributed by atoms with Gasteiger partial charge in [0.05, 0.1) is 29.8 Å². The Hall–Kier alpha value is -2.84. The number of carbonyl (C=O) groups excluding carboxylic acids is 1. The third-order valence-electron chi connectivity index (χ3n) is 6.42. The van der Waals surface area contributed by atoms with E-state index in [4.69, 9.17) is 16.7 Å². The number of halogens is 4. The van der Waals surface area contributed by atoms with Crippen LogP contribution in [0.3, 0.4) is 0 Å². The molecule has 14 heteroatoms. The molecule has 0 saturated heterocycles. The first kappa shape index (κ1) is 28.2. The predicted molar refractivity (Wildman–Crippen MR) is 130 cm³/mol. The summed E-state index contributed by atoms with van der Waals surface area (Å²) in [7, 11) is -4.12. The summed E-state index contributed by atoms with van der Waals surface area (Å²) < 4.78 is 67.6. The van der Waals surface area contributed by atoms with Crippen LogP contribution in [0.2, 0.25) is 5.02 Å². The Bertz CT molecular complexity index is 1430. The minimum absolute atomic E-state index is 0.00460. The molecular formula is C24H24ClF3N4O5S. The van der Waals surface area contributed by atoms with Crippen LogP contribution in [-0.4, -0.2) is 46.8 Å². The summed E-state index contributed by atoms with van der Waals surface area (Å²) in [6, 6.07) is 6.73. The smallest absolute Gasteiger partial charge is 0.393 e. The number of alkyl halides is 3. The molecule has 1 aromatic carbocycles. The van der Waals surface area contributed by atoms with Crippen molar-refractivity contribution in [1.82, 2.24) is 14.8 Å². The molecule has 2 aromatic heterocycles. The molecule has 0 radical (unpaired) electrons. The highest BCUT2D eigenvalue weighted by molar-refractivity contribution is 7.84. The van der Waals surface area contributed by atoms with E-state index in [1.165, 1.54) is 41.5 Å². The molecule has 204 valence electrons. The molecule has 3 atom stereocenters. The van der Waals surface area contributed by atoms with E-state index >= 15 is 0 Å². The first-order valence-electron chi connectivity index (χ1n) is 11.5. The Morgan fingerprint density at radius 3 is 2.71 bits per heavy atom. The SMILES string of the molecule is NS(=O)(=O)OC[C@H]1C[C@@H](Cc2ccncc2C(=O)c2ccn(Cc3ccc(Cl)c(C(F)(F)F)c3)n2)C[C@@H]1O. The second kappa shape index (κ2) is 11.1. The number of nitrogens with two attached hydrogens (primary N) is 1. The van der Waals surface area contributed by atoms with Crippen molar-refractivity contribution >= 4 is 27.7 Å². The van der Waals surface area contributed by atoms with Gasteiger partial charge in [0, 0.05) is 30.1 Å². The van der Waals surface area contributed by atoms with Gasteiger partial charge in [0.25, 0.3) is 0 Å². The Balaban J connectivity index is 1.46. The molecular weight excluding hydrogens is 549 g/mol. The molecule has 1 aliphatic carbocycles. The molecule has 1 aliphatic rings. The summed E-state index contributed by atoms with van der Waals surface area (Å²) in [5.74, 6) is -0.870. The molecule has 0 bridgehead atoms. The molecule has 1 fully saturated rings. The number of pyridine rings is 1. The predicted octanol–water partition coefficient (Wildman–Crippen LogP) is 3.38. The Morgan fingerprint density at radius 2 is 2.00 bits per heavy atom. The third-order valence-corrected chi connectivity index (χ3v) is 7.21. The zero-order valence-electron chi connectivity index (χ0n) is 19.8. The van der Waals surface area contributed by atoms with E-state index in [1.54, 1.807) is 6.07 Å². The van der Waals surface area contributed by atoms with Gasteiger partial charge < -0.3 is 5.11 Å². The fourth-order valence-electron chi connectivity index (χ4n) is 4.64. The van der Waals surface area contributed by atoms with Crippen molar-refractivity contribution in [2.24, 2.45) is 17.0 Å². The van der Waals surface area contributed by atoms with Crippen molar-refractivity contribution < 1.29 is 35.7 Å². The lowest BCUT2D eigenvalue weighted by Crippen LogP contribution is -2.24. The molecule has 3 aromatic rings. The second-order valence-electron chi connectivity index (χ2n) is 9.22. The maximum Gasteiger partial charge on any atom is 0.417 e. The maximum atomic E-state index is 13.2. The fourth-order valence-corrected chi connectivity index (χ4v) is 5.23. The topological polar surface area (TPSA) is 137 Å². The quantitative estimate of drug-likeness (QED) is 0.375. The number of aromatic nitrogens is 3. The standard InChI is InChI=1S/C24H24ClF3N4O5S/c25-20-2-1-14(9-19(20)24(26,27)28)12-32-6-4-21(31-32)23(34)18-11-30-5-3-16(18)7-15-8-17(22(33)10-15)13-37-38(29,35)36/h1-6,9,11,15,17,22,33H,7-8,10,12-13H2,(H2,29,35,36)/t15-,17-,22+/m1/s1. The molecule has 4 rings (SSSR count). The zero-order valence-corrected chi connectivity index (χ0v) is 21.4. The van der Waals surface area contributed by atoms with Gasteiger partial charge in [-0.2, -0.15) is 26.7 Å². The zero-order chi connectivity index (χ0) is 27.7. The van der Waals surface area contributed by atoms with Crippen molar-refractivity contribution in [3.8, 4) is 0 Å². The van der Waals surface area contributed by atoms with Crippen LogP contribution in [0.5, 0.6) is 0 Å². The number of aliphatic hydroxyl groups excluding tert-OH is 1. The van der Waals surface area contributed by atoms with Crippen molar-refractivity contribution in [3.05, 3.63) is 81.9 Å². The average Bonchev–Trinajstić information content (AvgIpc) is 3.44. The third kappa shape index (κ3) is 6.97. The number of carbonyl (C=O) groups is 1.